The molecule has 168 valence electrons. The lowest BCUT2D eigenvalue weighted by Crippen LogP contribution is -2.26. The van der Waals surface area contributed by atoms with Gasteiger partial charge in [-0.05, 0) is 0 Å². The van der Waals surface area contributed by atoms with Gasteiger partial charge in [0.25, 0.3) is 0 Å². The monoisotopic (exact) mass is 489 g/mol. The Kier molecular flexibility index (Phi) is 6.50. The van der Waals surface area contributed by atoms with Gasteiger partial charge in [-0.25, -0.2) is 28.4 Å². The van der Waals surface area contributed by atoms with Crippen LogP contribution in [0.25, 0.3) is 11.2 Å². The third kappa shape index (κ3) is 5.69. The molecule has 2 aromatic heterocycles. The minimum absolute atomic E-state index is 0.0814. The number of nitrogens with two attached hydrogens (primary N) is 1. The summed E-state index contributed by atoms with van der Waals surface area (Å²) in [4.78, 5) is 38.4. The molecule has 6 N–H and O–H groups in total. The number of aliphatic hydroxyl groups excluding tert-OH is 1. The fourth-order valence-corrected chi connectivity index (χ4v) is 6.25. The van der Waals surface area contributed by atoms with E-state index in [9.17, 15) is 23.7 Å². The molecule has 1 aliphatic heterocycles. The van der Waals surface area contributed by atoms with Crippen LogP contribution in [0.1, 0.15) is 12.6 Å². The quantitative estimate of drug-likeness (QED) is 0.309. The fraction of sp³-hybridized carbons (Fsp3) is 0.545. The van der Waals surface area contributed by atoms with Gasteiger partial charge in [0, 0.05) is 13.1 Å². The number of ether oxygens (including phenoxy) is 1. The standard InChI is InChI=1S/C11H18N5O11P3/c1-28(18,26-30(22,23)27-29(19,20)21)24-3-7-6(17)2-8(25-7)16-5-15-9-10(12)13-4-14-11(9)16/h4-8,17H,2-3H2,1H3,(H,22,23)(H2,12,13,14)(H2,19,20,21). The molecule has 16 nitrogen and oxygen atoms in total. The van der Waals surface area contributed by atoms with Gasteiger partial charge in [0.05, 0.1) is 19.0 Å². The second-order valence-corrected chi connectivity index (χ2v) is 11.2. The van der Waals surface area contributed by atoms with Crippen molar-refractivity contribution in [3.8, 4) is 0 Å². The van der Waals surface area contributed by atoms with Crippen LogP contribution < -0.4 is 5.73 Å². The Morgan fingerprint density at radius 2 is 1.93 bits per heavy atom. The van der Waals surface area contributed by atoms with Gasteiger partial charge in [0.2, 0.25) is 0 Å². The summed E-state index contributed by atoms with van der Waals surface area (Å²) in [6.45, 7) is 0.242. The van der Waals surface area contributed by atoms with Crippen LogP contribution in [-0.4, -0.2) is 64.8 Å². The number of hydrogen-bond donors (Lipinski definition) is 5. The first-order valence-corrected chi connectivity index (χ1v) is 13.1. The lowest BCUT2D eigenvalue weighted by Gasteiger charge is -2.20. The molecule has 0 saturated carbocycles. The summed E-state index contributed by atoms with van der Waals surface area (Å²) >= 11 is 0. The van der Waals surface area contributed by atoms with E-state index < -0.39 is 48.3 Å². The van der Waals surface area contributed by atoms with Crippen molar-refractivity contribution in [2.45, 2.75) is 24.9 Å². The highest BCUT2D eigenvalue weighted by Gasteiger charge is 2.41. The number of imidazole rings is 1. The van der Waals surface area contributed by atoms with Gasteiger partial charge in [-0.1, -0.05) is 0 Å². The molecule has 0 bridgehead atoms. The van der Waals surface area contributed by atoms with Gasteiger partial charge in [-0.3, -0.25) is 9.13 Å². The van der Waals surface area contributed by atoms with Gasteiger partial charge in [-0.2, -0.15) is 4.31 Å². The number of nitrogen functional groups attached to an aromatic ring is 1. The van der Waals surface area contributed by atoms with E-state index in [2.05, 4.69) is 23.6 Å². The SMILES string of the molecule is CP(=O)(OCC1OC(n2cnc3c(N)ncnc32)CC1O)OP(=O)(O)OP(=O)(O)O. The van der Waals surface area contributed by atoms with Gasteiger partial charge in [0.15, 0.2) is 11.5 Å². The van der Waals surface area contributed by atoms with Crippen molar-refractivity contribution < 1.29 is 51.4 Å². The van der Waals surface area contributed by atoms with E-state index in [-0.39, 0.29) is 12.2 Å². The molecule has 2 aromatic rings. The molecule has 5 unspecified atom stereocenters. The largest absolute Gasteiger partial charge is 0.488 e. The Morgan fingerprint density at radius 1 is 1.23 bits per heavy atom. The molecule has 1 aliphatic rings. The van der Waals surface area contributed by atoms with Gasteiger partial charge < -0.3 is 34.8 Å². The molecule has 0 radical (unpaired) electrons. The minimum atomic E-state index is -5.39. The van der Waals surface area contributed by atoms with Crippen molar-refractivity contribution in [1.82, 2.24) is 19.5 Å². The van der Waals surface area contributed by atoms with Gasteiger partial charge in [-0.15, -0.1) is 0 Å². The molecule has 5 atom stereocenters. The lowest BCUT2D eigenvalue weighted by atomic mass is 10.2. The number of fused-ring (bicyclic) bond motifs is 1. The normalized spacial score (nSPS) is 26.5. The average Bonchev–Trinajstić information content (AvgIpc) is 3.14. The Labute approximate surface area is 168 Å². The van der Waals surface area contributed by atoms with Crippen LogP contribution in [0.3, 0.4) is 0 Å². The van der Waals surface area contributed by atoms with E-state index in [4.69, 9.17) is 24.8 Å². The summed E-state index contributed by atoms with van der Waals surface area (Å²) in [5.74, 6) is 0.159. The molecule has 1 fully saturated rings. The maximum absolute atomic E-state index is 12.2. The summed E-state index contributed by atoms with van der Waals surface area (Å²) in [7, 11) is -15.1. The van der Waals surface area contributed by atoms with E-state index in [1.807, 2.05) is 0 Å². The van der Waals surface area contributed by atoms with Crippen molar-refractivity contribution in [2.24, 2.45) is 0 Å². The minimum Gasteiger partial charge on any atom is -0.390 e. The van der Waals surface area contributed by atoms with E-state index >= 15 is 0 Å². The van der Waals surface area contributed by atoms with E-state index in [1.165, 1.54) is 17.2 Å². The third-order valence-corrected chi connectivity index (χ3v) is 8.14. The Bertz CT molecular complexity index is 1070. The predicted molar refractivity (Wildman–Crippen MR) is 97.8 cm³/mol. The first-order valence-electron chi connectivity index (χ1n) is 8.06. The summed E-state index contributed by atoms with van der Waals surface area (Å²) in [6.07, 6.45) is -0.126. The first-order chi connectivity index (χ1) is 13.8. The smallest absolute Gasteiger partial charge is 0.390 e. The molecule has 1 saturated heterocycles. The van der Waals surface area contributed by atoms with Crippen molar-refractivity contribution in [3.05, 3.63) is 12.7 Å². The molecule has 3 heterocycles. The van der Waals surface area contributed by atoms with Crippen LogP contribution in [0.4, 0.5) is 5.82 Å². The average molecular weight is 489 g/mol. The molecule has 3 rings (SSSR count). The molecule has 0 amide bonds. The van der Waals surface area contributed by atoms with Crippen molar-refractivity contribution >= 4 is 40.2 Å². The van der Waals surface area contributed by atoms with Gasteiger partial charge >= 0.3 is 23.2 Å². The fourth-order valence-electron chi connectivity index (χ4n) is 2.69. The maximum atomic E-state index is 12.2. The summed E-state index contributed by atoms with van der Waals surface area (Å²) in [6, 6.07) is 0. The molecular formula is C11H18N5O11P3. The highest BCUT2D eigenvalue weighted by molar-refractivity contribution is 7.68. The van der Waals surface area contributed by atoms with Crippen LogP contribution in [0.15, 0.2) is 12.7 Å². The second kappa shape index (κ2) is 8.34. The molecule has 30 heavy (non-hydrogen) atoms. The van der Waals surface area contributed by atoms with Crippen molar-refractivity contribution in [3.63, 3.8) is 0 Å². The third-order valence-electron chi connectivity index (χ3n) is 3.84. The number of anilines is 1. The Hall–Kier alpha value is -1.28. The number of aromatic nitrogens is 4. The van der Waals surface area contributed by atoms with Crippen LogP contribution in [0.2, 0.25) is 0 Å². The van der Waals surface area contributed by atoms with Crippen LogP contribution >= 0.6 is 23.2 Å². The van der Waals surface area contributed by atoms with Crippen molar-refractivity contribution in [2.75, 3.05) is 19.0 Å². The second-order valence-electron chi connectivity index (χ2n) is 6.20. The summed E-state index contributed by atoms with van der Waals surface area (Å²) < 4.78 is 54.2. The topological polar surface area (TPSA) is 239 Å². The molecule has 0 aliphatic carbocycles. The number of nitrogens with zero attached hydrogens (tertiary/aromatic N) is 4. The Balaban J connectivity index is 1.64. The number of hydrogen-bond acceptors (Lipinski definition) is 12. The van der Waals surface area contributed by atoms with Crippen LogP contribution in [-0.2, 0) is 31.6 Å². The Morgan fingerprint density at radius 3 is 2.60 bits per heavy atom. The molecule has 0 aromatic carbocycles. The van der Waals surface area contributed by atoms with Crippen LogP contribution in [0.5, 0.6) is 0 Å². The number of rotatable bonds is 8. The first kappa shape index (κ1) is 23.4. The highest BCUT2D eigenvalue weighted by Crippen LogP contribution is 2.66. The van der Waals surface area contributed by atoms with E-state index in [0.717, 1.165) is 6.66 Å². The number of phosphoric acid groups is 2. The summed E-state index contributed by atoms with van der Waals surface area (Å²) in [5.41, 5.74) is 6.42. The van der Waals surface area contributed by atoms with Crippen LogP contribution in [0, 0.1) is 0 Å². The highest BCUT2D eigenvalue weighted by atomic mass is 31.3. The van der Waals surface area contributed by atoms with E-state index in [1.54, 1.807) is 0 Å². The maximum Gasteiger partial charge on any atom is 0.488 e. The predicted octanol–water partition coefficient (Wildman–Crippen LogP) is 0.123. The zero-order valence-electron chi connectivity index (χ0n) is 15.2. The molecular weight excluding hydrogens is 471 g/mol. The zero-order valence-corrected chi connectivity index (χ0v) is 17.8. The summed E-state index contributed by atoms with van der Waals surface area (Å²) in [5, 5.41) is 10.2. The lowest BCUT2D eigenvalue weighted by molar-refractivity contribution is -0.0393. The molecule has 0 spiro atoms. The molecule has 19 heteroatoms. The van der Waals surface area contributed by atoms with E-state index in [0.29, 0.717) is 11.2 Å². The zero-order chi connectivity index (χ0) is 22.3. The van der Waals surface area contributed by atoms with Crippen molar-refractivity contribution in [1.29, 1.82) is 0 Å². The van der Waals surface area contributed by atoms with Gasteiger partial charge in [0.1, 0.15) is 24.2 Å². The number of aliphatic hydroxyl groups is 1.